The molecule has 2 bridgehead atoms. The third-order valence-corrected chi connectivity index (χ3v) is 12.2. The van der Waals surface area contributed by atoms with Gasteiger partial charge in [0.05, 0.1) is 34.7 Å². The lowest BCUT2D eigenvalue weighted by Crippen LogP contribution is -2.57. The number of para-hydroxylation sites is 2. The molecule has 4 heterocycles. The zero-order valence-corrected chi connectivity index (χ0v) is 26.8. The highest BCUT2D eigenvalue weighted by Crippen LogP contribution is 2.68. The lowest BCUT2D eigenvalue weighted by molar-refractivity contribution is -0.146. The van der Waals surface area contributed by atoms with Gasteiger partial charge in [-0.2, -0.15) is 0 Å². The number of fused-ring (bicyclic) bond motifs is 2. The number of amides is 3. The van der Waals surface area contributed by atoms with Crippen molar-refractivity contribution in [3.63, 3.8) is 0 Å². The number of hydrogen-bond acceptors (Lipinski definition) is 7. The van der Waals surface area contributed by atoms with Crippen molar-refractivity contribution in [3.05, 3.63) is 79.9 Å². The van der Waals surface area contributed by atoms with Crippen LogP contribution in [0.15, 0.2) is 79.9 Å². The molecule has 0 aliphatic carbocycles. The van der Waals surface area contributed by atoms with Gasteiger partial charge in [0.15, 0.2) is 0 Å². The predicted octanol–water partition coefficient (Wildman–Crippen LogP) is 3.47. The summed E-state index contributed by atoms with van der Waals surface area (Å²) < 4.78 is 0.797. The number of carbonyl (C=O) groups is 3. The summed E-state index contributed by atoms with van der Waals surface area (Å²) in [5.74, 6) is -2.10. The van der Waals surface area contributed by atoms with E-state index in [1.54, 1.807) is 45.3 Å². The van der Waals surface area contributed by atoms with Gasteiger partial charge in [-0.3, -0.25) is 14.4 Å². The molecule has 3 unspecified atom stereocenters. The first-order chi connectivity index (χ1) is 21.3. The summed E-state index contributed by atoms with van der Waals surface area (Å²) in [6.45, 7) is 9.78. The minimum absolute atomic E-state index is 0.0846. The number of hydrogen-bond donors (Lipinski definition) is 1. The average Bonchev–Trinajstić information content (AvgIpc) is 3.76. The number of carbonyl (C=O) groups excluding carboxylic acids is 3. The van der Waals surface area contributed by atoms with E-state index in [1.807, 2.05) is 54.6 Å². The lowest BCUT2D eigenvalue weighted by atomic mass is 9.70. The van der Waals surface area contributed by atoms with Crippen LogP contribution in [0.4, 0.5) is 5.69 Å². The van der Waals surface area contributed by atoms with Crippen LogP contribution in [0.1, 0.15) is 13.3 Å². The fraction of sp³-hybridized carbons (Fsp3) is 0.406. The van der Waals surface area contributed by atoms with Crippen molar-refractivity contribution in [2.75, 3.05) is 24.6 Å². The van der Waals surface area contributed by atoms with Crippen LogP contribution in [-0.2, 0) is 21.1 Å². The highest BCUT2D eigenvalue weighted by atomic mass is 79.9. The summed E-state index contributed by atoms with van der Waals surface area (Å²) in [6, 6.07) is 15.4. The first kappa shape index (κ1) is 30.5. The molecular formula is C32H35BrN6O4S. The Morgan fingerprint density at radius 3 is 2.55 bits per heavy atom. The maximum Gasteiger partial charge on any atom is 0.248 e. The van der Waals surface area contributed by atoms with Gasteiger partial charge in [0.25, 0.3) is 0 Å². The number of halogens is 1. The molecule has 3 aromatic rings. The zero-order valence-electron chi connectivity index (χ0n) is 24.4. The van der Waals surface area contributed by atoms with Crippen LogP contribution in [-0.4, -0.2) is 94.2 Å². The Hall–Kier alpha value is -3.48. The van der Waals surface area contributed by atoms with Crippen LogP contribution < -0.4 is 4.90 Å². The van der Waals surface area contributed by atoms with Gasteiger partial charge in [-0.15, -0.1) is 30.0 Å². The molecule has 1 aromatic heterocycles. The molecule has 230 valence electrons. The van der Waals surface area contributed by atoms with Gasteiger partial charge in [0, 0.05) is 28.9 Å². The minimum Gasteiger partial charge on any atom is -0.394 e. The van der Waals surface area contributed by atoms with Gasteiger partial charge >= 0.3 is 0 Å². The van der Waals surface area contributed by atoms with Crippen molar-refractivity contribution >= 4 is 62.1 Å². The maximum absolute atomic E-state index is 14.7. The average molecular weight is 680 g/mol. The van der Waals surface area contributed by atoms with Gasteiger partial charge in [0.2, 0.25) is 17.7 Å². The molecule has 1 spiro atoms. The van der Waals surface area contributed by atoms with Gasteiger partial charge in [-0.1, -0.05) is 63.6 Å². The Balaban J connectivity index is 1.40. The quantitative estimate of drug-likeness (QED) is 0.244. The number of likely N-dealkylation sites (tertiary alicyclic amines) is 1. The molecule has 6 rings (SSSR count). The van der Waals surface area contributed by atoms with Gasteiger partial charge in [-0.25, -0.2) is 4.68 Å². The molecule has 3 saturated heterocycles. The van der Waals surface area contributed by atoms with Crippen molar-refractivity contribution < 1.29 is 19.5 Å². The second-order valence-electron chi connectivity index (χ2n) is 11.6. The van der Waals surface area contributed by atoms with E-state index in [4.69, 9.17) is 0 Å². The van der Waals surface area contributed by atoms with Crippen LogP contribution in [0.3, 0.4) is 0 Å². The summed E-state index contributed by atoms with van der Waals surface area (Å²) in [7, 11) is 0. The largest absolute Gasteiger partial charge is 0.394 e. The van der Waals surface area contributed by atoms with E-state index >= 15 is 0 Å². The molecule has 3 aliphatic rings. The van der Waals surface area contributed by atoms with E-state index in [-0.39, 0.29) is 54.2 Å². The number of aromatic nitrogens is 3. The topological polar surface area (TPSA) is 112 Å². The molecule has 1 N–H and O–H groups in total. The SMILES string of the molecule is C=CCN(Cn1nnc2ccccc21)C(=O)C1N([C@H](C)CO)C(=O)[C@@H]2[C@@H](C(=O)N(CC=C)c3ccccc3)[C@@H]3SC12CC3Br. The van der Waals surface area contributed by atoms with Crippen molar-refractivity contribution in [2.24, 2.45) is 11.8 Å². The molecule has 3 aliphatic heterocycles. The molecule has 0 saturated carbocycles. The molecule has 7 atom stereocenters. The standard InChI is InChI=1S/C32H35BrN6O4S/c1-4-15-36(19-38-24-14-10-9-13-23(24)34-35-38)31(43)28-32-17-22(33)27(44-32)25(26(32)30(42)39(28)20(3)18-40)29(41)37(16-5-2)21-11-7-6-8-12-21/h4-14,20,22,25-28,40H,1-2,15-19H2,3H3/t20-,22?,25-,26+,27-,28?,32?/m1/s1. The molecule has 3 fully saturated rings. The van der Waals surface area contributed by atoms with Crippen molar-refractivity contribution in [1.29, 1.82) is 0 Å². The second kappa shape index (κ2) is 12.1. The number of rotatable bonds is 11. The van der Waals surface area contributed by atoms with E-state index in [1.165, 1.54) is 4.90 Å². The summed E-state index contributed by atoms with van der Waals surface area (Å²) >= 11 is 5.41. The molecular weight excluding hydrogens is 644 g/mol. The molecule has 12 heteroatoms. The number of thioether (sulfide) groups is 1. The molecule has 2 aromatic carbocycles. The third kappa shape index (κ3) is 4.78. The monoisotopic (exact) mass is 678 g/mol. The number of aliphatic hydroxyl groups is 1. The van der Waals surface area contributed by atoms with Crippen LogP contribution in [0.2, 0.25) is 0 Å². The van der Waals surface area contributed by atoms with E-state index < -0.39 is 28.7 Å². The summed E-state index contributed by atoms with van der Waals surface area (Å²) in [5, 5.41) is 18.6. The first-order valence-electron chi connectivity index (χ1n) is 14.7. The molecule has 0 radical (unpaired) electrons. The Bertz CT molecular complexity index is 1600. The lowest BCUT2D eigenvalue weighted by Gasteiger charge is -2.39. The van der Waals surface area contributed by atoms with Crippen molar-refractivity contribution in [2.45, 2.75) is 46.9 Å². The summed E-state index contributed by atoms with van der Waals surface area (Å²) in [5.41, 5.74) is 2.21. The number of anilines is 1. The Morgan fingerprint density at radius 1 is 1.14 bits per heavy atom. The van der Waals surface area contributed by atoms with E-state index in [9.17, 15) is 19.5 Å². The maximum atomic E-state index is 14.7. The predicted molar refractivity (Wildman–Crippen MR) is 174 cm³/mol. The third-order valence-electron chi connectivity index (χ3n) is 9.02. The van der Waals surface area contributed by atoms with Crippen LogP contribution >= 0.6 is 27.7 Å². The number of alkyl halides is 1. The highest BCUT2D eigenvalue weighted by molar-refractivity contribution is 9.09. The highest BCUT2D eigenvalue weighted by Gasteiger charge is 2.76. The van der Waals surface area contributed by atoms with E-state index in [0.717, 1.165) is 11.2 Å². The van der Waals surface area contributed by atoms with Crippen molar-refractivity contribution in [3.8, 4) is 0 Å². The second-order valence-corrected chi connectivity index (χ2v) is 14.3. The van der Waals surface area contributed by atoms with E-state index in [0.29, 0.717) is 11.9 Å². The molecule has 10 nitrogen and oxygen atoms in total. The Morgan fingerprint density at radius 2 is 1.84 bits per heavy atom. The van der Waals surface area contributed by atoms with Crippen LogP contribution in [0, 0.1) is 11.8 Å². The number of benzene rings is 2. The Labute approximate surface area is 268 Å². The normalized spacial score (nSPS) is 27.8. The molecule has 3 amide bonds. The van der Waals surface area contributed by atoms with Gasteiger partial charge in [-0.05, 0) is 37.6 Å². The fourth-order valence-corrected chi connectivity index (χ4v) is 10.7. The van der Waals surface area contributed by atoms with Gasteiger partial charge < -0.3 is 19.8 Å². The van der Waals surface area contributed by atoms with Gasteiger partial charge in [0.1, 0.15) is 18.2 Å². The number of aliphatic hydroxyl groups excluding tert-OH is 1. The first-order valence-corrected chi connectivity index (χ1v) is 16.5. The smallest absolute Gasteiger partial charge is 0.248 e. The van der Waals surface area contributed by atoms with Crippen LogP contribution in [0.5, 0.6) is 0 Å². The fourth-order valence-electron chi connectivity index (χ4n) is 7.16. The summed E-state index contributed by atoms with van der Waals surface area (Å²) in [4.78, 5) is 48.4. The van der Waals surface area contributed by atoms with Crippen molar-refractivity contribution in [1.82, 2.24) is 24.8 Å². The molecule has 44 heavy (non-hydrogen) atoms. The van der Waals surface area contributed by atoms with E-state index in [2.05, 4.69) is 39.4 Å². The summed E-state index contributed by atoms with van der Waals surface area (Å²) in [6.07, 6.45) is 3.86. The van der Waals surface area contributed by atoms with Crippen LogP contribution in [0.25, 0.3) is 11.0 Å². The minimum atomic E-state index is -0.894. The zero-order chi connectivity index (χ0) is 31.2. The number of nitrogens with zero attached hydrogens (tertiary/aromatic N) is 6. The Kier molecular flexibility index (Phi) is 8.42.